The summed E-state index contributed by atoms with van der Waals surface area (Å²) in [6.45, 7) is 0.922. The molecule has 1 heterocycles. The molecule has 0 saturated heterocycles. The summed E-state index contributed by atoms with van der Waals surface area (Å²) in [6, 6.07) is 20.9. The van der Waals surface area contributed by atoms with Crippen LogP contribution >= 0.6 is 23.4 Å². The van der Waals surface area contributed by atoms with Crippen LogP contribution in [0.3, 0.4) is 0 Å². The van der Waals surface area contributed by atoms with Crippen molar-refractivity contribution in [3.8, 4) is 17.1 Å². The number of benzene rings is 3. The average molecular weight is 497 g/mol. The highest BCUT2D eigenvalue weighted by Crippen LogP contribution is 2.33. The van der Waals surface area contributed by atoms with E-state index in [2.05, 4.69) is 15.5 Å². The standard InChI is InChI=1S/C25H22ClFN4O2S/c1-33-15-14-28-24(32)18-8-6-17(7-9-18)16-34-25-30-29-23(21-4-2-3-5-22(21)26)31(25)20-12-10-19(27)11-13-20/h2-13H,14-16H2,1H3,(H,28,32). The minimum Gasteiger partial charge on any atom is -0.383 e. The van der Waals surface area contributed by atoms with Gasteiger partial charge in [0.1, 0.15) is 5.82 Å². The maximum Gasteiger partial charge on any atom is 0.251 e. The second-order valence-electron chi connectivity index (χ2n) is 7.33. The Kier molecular flexibility index (Phi) is 7.95. The summed E-state index contributed by atoms with van der Waals surface area (Å²) in [5.41, 5.74) is 3.07. The van der Waals surface area contributed by atoms with Crippen molar-refractivity contribution in [3.63, 3.8) is 0 Å². The summed E-state index contributed by atoms with van der Waals surface area (Å²) >= 11 is 7.91. The first-order valence-electron chi connectivity index (χ1n) is 10.5. The lowest BCUT2D eigenvalue weighted by atomic mass is 10.1. The summed E-state index contributed by atoms with van der Waals surface area (Å²) in [5.74, 6) is 0.712. The molecule has 0 saturated carbocycles. The smallest absolute Gasteiger partial charge is 0.251 e. The number of methoxy groups -OCH3 is 1. The lowest BCUT2D eigenvalue weighted by Gasteiger charge is -2.11. The number of nitrogens with one attached hydrogen (secondary N) is 1. The van der Waals surface area contributed by atoms with Gasteiger partial charge in [0, 0.05) is 36.2 Å². The number of ether oxygens (including phenoxy) is 1. The van der Waals surface area contributed by atoms with E-state index < -0.39 is 0 Å². The van der Waals surface area contributed by atoms with Crippen molar-refractivity contribution in [2.24, 2.45) is 0 Å². The number of halogens is 2. The van der Waals surface area contributed by atoms with Gasteiger partial charge in [-0.15, -0.1) is 10.2 Å². The van der Waals surface area contributed by atoms with Gasteiger partial charge in [-0.3, -0.25) is 9.36 Å². The number of amides is 1. The molecule has 1 amide bonds. The molecule has 1 aromatic heterocycles. The maximum absolute atomic E-state index is 13.6. The zero-order valence-electron chi connectivity index (χ0n) is 18.4. The van der Waals surface area contributed by atoms with Crippen molar-refractivity contribution in [2.45, 2.75) is 10.9 Å². The minimum atomic E-state index is -0.323. The number of rotatable bonds is 9. The van der Waals surface area contributed by atoms with Gasteiger partial charge in [-0.25, -0.2) is 4.39 Å². The van der Waals surface area contributed by atoms with Crippen molar-refractivity contribution in [3.05, 3.63) is 94.8 Å². The highest BCUT2D eigenvalue weighted by atomic mass is 35.5. The van der Waals surface area contributed by atoms with Crippen LogP contribution in [0.5, 0.6) is 0 Å². The van der Waals surface area contributed by atoms with E-state index in [0.717, 1.165) is 16.8 Å². The van der Waals surface area contributed by atoms with E-state index in [1.807, 2.05) is 34.9 Å². The highest BCUT2D eigenvalue weighted by Gasteiger charge is 2.18. The Bertz CT molecular complexity index is 1260. The molecule has 0 atom stereocenters. The molecule has 0 spiro atoms. The molecule has 0 bridgehead atoms. The number of carbonyl (C=O) groups is 1. The number of thioether (sulfide) groups is 1. The van der Waals surface area contributed by atoms with Crippen molar-refractivity contribution in [2.75, 3.05) is 20.3 Å². The lowest BCUT2D eigenvalue weighted by molar-refractivity contribution is 0.0937. The molecule has 0 fully saturated rings. The van der Waals surface area contributed by atoms with Crippen LogP contribution in [0.25, 0.3) is 17.1 Å². The van der Waals surface area contributed by atoms with Gasteiger partial charge in [0.15, 0.2) is 11.0 Å². The molecule has 174 valence electrons. The van der Waals surface area contributed by atoms with E-state index in [1.54, 1.807) is 37.4 Å². The Morgan fingerprint density at radius 3 is 2.50 bits per heavy atom. The Hall–Kier alpha value is -3.20. The van der Waals surface area contributed by atoms with Crippen LogP contribution in [-0.2, 0) is 10.5 Å². The van der Waals surface area contributed by atoms with Crippen molar-refractivity contribution >= 4 is 29.3 Å². The normalized spacial score (nSPS) is 10.9. The number of nitrogens with zero attached hydrogens (tertiary/aromatic N) is 3. The molecule has 1 N–H and O–H groups in total. The van der Waals surface area contributed by atoms with Crippen molar-refractivity contribution in [1.82, 2.24) is 20.1 Å². The molecule has 6 nitrogen and oxygen atoms in total. The van der Waals surface area contributed by atoms with Crippen LogP contribution < -0.4 is 5.32 Å². The monoisotopic (exact) mass is 496 g/mol. The zero-order chi connectivity index (χ0) is 23.9. The van der Waals surface area contributed by atoms with Crippen LogP contribution in [0.1, 0.15) is 15.9 Å². The molecular formula is C25H22ClFN4O2S. The Balaban J connectivity index is 1.56. The van der Waals surface area contributed by atoms with Crippen LogP contribution in [0, 0.1) is 5.82 Å². The molecule has 34 heavy (non-hydrogen) atoms. The van der Waals surface area contributed by atoms with E-state index in [0.29, 0.717) is 40.5 Å². The summed E-state index contributed by atoms with van der Waals surface area (Å²) in [7, 11) is 1.59. The summed E-state index contributed by atoms with van der Waals surface area (Å²) in [4.78, 5) is 12.2. The molecular weight excluding hydrogens is 475 g/mol. The molecule has 0 radical (unpaired) electrons. The van der Waals surface area contributed by atoms with Gasteiger partial charge < -0.3 is 10.1 Å². The highest BCUT2D eigenvalue weighted by molar-refractivity contribution is 7.98. The lowest BCUT2D eigenvalue weighted by Crippen LogP contribution is -2.26. The predicted octanol–water partition coefficient (Wildman–Crippen LogP) is 5.40. The van der Waals surface area contributed by atoms with Crippen molar-refractivity contribution in [1.29, 1.82) is 0 Å². The van der Waals surface area contributed by atoms with Gasteiger partial charge in [-0.05, 0) is 54.1 Å². The molecule has 9 heteroatoms. The first-order chi connectivity index (χ1) is 16.6. The molecule has 3 aromatic carbocycles. The van der Waals surface area contributed by atoms with Crippen LogP contribution in [-0.4, -0.2) is 40.9 Å². The summed E-state index contributed by atoms with van der Waals surface area (Å²) in [5, 5.41) is 12.8. The predicted molar refractivity (Wildman–Crippen MR) is 132 cm³/mol. The molecule has 0 aliphatic heterocycles. The van der Waals surface area contributed by atoms with Gasteiger partial charge in [-0.1, -0.05) is 47.6 Å². The van der Waals surface area contributed by atoms with E-state index in [1.165, 1.54) is 23.9 Å². The Morgan fingerprint density at radius 2 is 1.79 bits per heavy atom. The largest absolute Gasteiger partial charge is 0.383 e. The third-order valence-electron chi connectivity index (χ3n) is 5.01. The zero-order valence-corrected chi connectivity index (χ0v) is 19.9. The molecule has 4 aromatic rings. The van der Waals surface area contributed by atoms with Crippen LogP contribution in [0.15, 0.2) is 78.0 Å². The number of hydrogen-bond donors (Lipinski definition) is 1. The van der Waals surface area contributed by atoms with E-state index in [-0.39, 0.29) is 11.7 Å². The SMILES string of the molecule is COCCNC(=O)c1ccc(CSc2nnc(-c3ccccc3Cl)n2-c2ccc(F)cc2)cc1. The van der Waals surface area contributed by atoms with E-state index in [9.17, 15) is 9.18 Å². The quantitative estimate of drug-likeness (QED) is 0.248. The average Bonchev–Trinajstić information content (AvgIpc) is 3.27. The third kappa shape index (κ3) is 5.64. The fourth-order valence-corrected chi connectivity index (χ4v) is 4.40. The van der Waals surface area contributed by atoms with Gasteiger partial charge in [0.25, 0.3) is 5.91 Å². The Morgan fingerprint density at radius 1 is 1.06 bits per heavy atom. The van der Waals surface area contributed by atoms with Gasteiger partial charge in [-0.2, -0.15) is 0 Å². The molecule has 0 aliphatic rings. The Labute approximate surface area is 206 Å². The number of hydrogen-bond acceptors (Lipinski definition) is 5. The molecule has 0 aliphatic carbocycles. The van der Waals surface area contributed by atoms with Crippen molar-refractivity contribution < 1.29 is 13.9 Å². The minimum absolute atomic E-state index is 0.142. The number of carbonyl (C=O) groups excluding carboxylic acids is 1. The summed E-state index contributed by atoms with van der Waals surface area (Å²) in [6.07, 6.45) is 0. The fraction of sp³-hybridized carbons (Fsp3) is 0.160. The van der Waals surface area contributed by atoms with Gasteiger partial charge >= 0.3 is 0 Å². The second kappa shape index (κ2) is 11.3. The van der Waals surface area contributed by atoms with Crippen LogP contribution in [0.2, 0.25) is 5.02 Å². The first kappa shape index (κ1) is 23.9. The molecule has 4 rings (SSSR count). The topological polar surface area (TPSA) is 69.0 Å². The fourth-order valence-electron chi connectivity index (χ4n) is 3.27. The molecule has 0 unspecified atom stereocenters. The third-order valence-corrected chi connectivity index (χ3v) is 6.34. The van der Waals surface area contributed by atoms with Crippen LogP contribution in [0.4, 0.5) is 4.39 Å². The summed E-state index contributed by atoms with van der Waals surface area (Å²) < 4.78 is 20.4. The second-order valence-corrected chi connectivity index (χ2v) is 8.68. The first-order valence-corrected chi connectivity index (χ1v) is 11.9. The maximum atomic E-state index is 13.6. The van der Waals surface area contributed by atoms with E-state index in [4.69, 9.17) is 16.3 Å². The van der Waals surface area contributed by atoms with Gasteiger partial charge in [0.05, 0.1) is 11.6 Å². The van der Waals surface area contributed by atoms with E-state index >= 15 is 0 Å². The van der Waals surface area contributed by atoms with Gasteiger partial charge in [0.2, 0.25) is 0 Å². The number of aromatic nitrogens is 3.